The van der Waals surface area contributed by atoms with E-state index in [0.29, 0.717) is 5.69 Å². The van der Waals surface area contributed by atoms with Crippen molar-refractivity contribution in [3.63, 3.8) is 0 Å². The molecule has 1 atom stereocenters. The van der Waals surface area contributed by atoms with Gasteiger partial charge < -0.3 is 9.84 Å². The van der Waals surface area contributed by atoms with E-state index >= 15 is 0 Å². The van der Waals surface area contributed by atoms with Gasteiger partial charge in [0.2, 0.25) is 0 Å². The van der Waals surface area contributed by atoms with Crippen LogP contribution >= 0.6 is 0 Å². The molecule has 0 spiro atoms. The topological polar surface area (TPSA) is 42.4 Å². The van der Waals surface area contributed by atoms with Gasteiger partial charge in [-0.2, -0.15) is 0 Å². The van der Waals surface area contributed by atoms with E-state index in [1.165, 1.54) is 0 Å². The van der Waals surface area contributed by atoms with Crippen molar-refractivity contribution in [1.82, 2.24) is 4.98 Å². The Hall–Kier alpha value is -1.87. The molecule has 1 unspecified atom stereocenters. The van der Waals surface area contributed by atoms with Gasteiger partial charge in [-0.05, 0) is 54.8 Å². The number of rotatable bonds is 3. The van der Waals surface area contributed by atoms with E-state index in [-0.39, 0.29) is 0 Å². The van der Waals surface area contributed by atoms with Crippen LogP contribution in [0, 0.1) is 13.8 Å². The maximum atomic E-state index is 10.3. The minimum atomic E-state index is -0.700. The highest BCUT2D eigenvalue weighted by Gasteiger charge is 2.14. The normalized spacial score (nSPS) is 12.2. The standard InChI is InChI=1S/C15H17NO2/c1-10-8-12(9-11(2)15(10)18-3)14(17)13-6-4-5-7-16-13/h4-9,14,17H,1-3H3. The first-order chi connectivity index (χ1) is 8.63. The first-order valence-corrected chi connectivity index (χ1v) is 5.87. The van der Waals surface area contributed by atoms with Crippen LogP contribution in [-0.4, -0.2) is 17.2 Å². The van der Waals surface area contributed by atoms with E-state index in [4.69, 9.17) is 4.74 Å². The Bertz CT molecular complexity index is 514. The summed E-state index contributed by atoms with van der Waals surface area (Å²) >= 11 is 0. The average Bonchev–Trinajstić information content (AvgIpc) is 2.38. The van der Waals surface area contributed by atoms with E-state index in [9.17, 15) is 5.11 Å². The highest BCUT2D eigenvalue weighted by atomic mass is 16.5. The minimum absolute atomic E-state index is 0.654. The fraction of sp³-hybridized carbons (Fsp3) is 0.267. The van der Waals surface area contributed by atoms with E-state index in [0.717, 1.165) is 22.4 Å². The summed E-state index contributed by atoms with van der Waals surface area (Å²) in [5, 5.41) is 10.3. The number of aryl methyl sites for hydroxylation is 2. The summed E-state index contributed by atoms with van der Waals surface area (Å²) in [6, 6.07) is 9.39. The summed E-state index contributed by atoms with van der Waals surface area (Å²) in [4.78, 5) is 4.18. The molecule has 2 aromatic rings. The zero-order valence-electron chi connectivity index (χ0n) is 10.8. The Kier molecular flexibility index (Phi) is 3.63. The van der Waals surface area contributed by atoms with Crippen LogP contribution in [0.15, 0.2) is 36.5 Å². The molecule has 0 fully saturated rings. The number of hydrogen-bond donors (Lipinski definition) is 1. The van der Waals surface area contributed by atoms with Crippen molar-refractivity contribution in [1.29, 1.82) is 0 Å². The minimum Gasteiger partial charge on any atom is -0.496 e. The molecular formula is C15H17NO2. The van der Waals surface area contributed by atoms with Gasteiger partial charge >= 0.3 is 0 Å². The summed E-state index contributed by atoms with van der Waals surface area (Å²) in [6.45, 7) is 3.95. The molecule has 0 saturated heterocycles. The predicted octanol–water partition coefficient (Wildman–Crippen LogP) is 2.79. The second-order valence-corrected chi connectivity index (χ2v) is 4.35. The van der Waals surface area contributed by atoms with Crippen LogP contribution < -0.4 is 4.74 Å². The number of ether oxygens (including phenoxy) is 1. The third-order valence-corrected chi connectivity index (χ3v) is 2.97. The van der Waals surface area contributed by atoms with E-state index < -0.39 is 6.10 Å². The van der Waals surface area contributed by atoms with Gasteiger partial charge in [0.05, 0.1) is 12.8 Å². The zero-order valence-corrected chi connectivity index (χ0v) is 10.8. The Morgan fingerprint density at radius 3 is 2.33 bits per heavy atom. The van der Waals surface area contributed by atoms with Crippen molar-refractivity contribution in [2.75, 3.05) is 7.11 Å². The Morgan fingerprint density at radius 1 is 1.17 bits per heavy atom. The number of methoxy groups -OCH3 is 1. The molecular weight excluding hydrogens is 226 g/mol. The SMILES string of the molecule is COc1c(C)cc(C(O)c2ccccn2)cc1C. The van der Waals surface area contributed by atoms with Crippen LogP contribution in [0.3, 0.4) is 0 Å². The molecule has 0 amide bonds. The number of pyridine rings is 1. The van der Waals surface area contributed by atoms with Gasteiger partial charge in [-0.25, -0.2) is 0 Å². The van der Waals surface area contributed by atoms with E-state index in [1.807, 2.05) is 44.2 Å². The van der Waals surface area contributed by atoms with Crippen LogP contribution in [0.4, 0.5) is 0 Å². The summed E-state index contributed by atoms with van der Waals surface area (Å²) in [7, 11) is 1.66. The van der Waals surface area contributed by atoms with Crippen LogP contribution in [0.5, 0.6) is 5.75 Å². The van der Waals surface area contributed by atoms with Gasteiger partial charge in [0.25, 0.3) is 0 Å². The molecule has 0 radical (unpaired) electrons. The highest BCUT2D eigenvalue weighted by molar-refractivity contribution is 5.45. The maximum Gasteiger partial charge on any atom is 0.124 e. The molecule has 0 aliphatic carbocycles. The average molecular weight is 243 g/mol. The smallest absolute Gasteiger partial charge is 0.124 e. The first kappa shape index (κ1) is 12.6. The monoisotopic (exact) mass is 243 g/mol. The third-order valence-electron chi connectivity index (χ3n) is 2.97. The second kappa shape index (κ2) is 5.19. The van der Waals surface area contributed by atoms with Crippen molar-refractivity contribution in [2.45, 2.75) is 20.0 Å². The lowest BCUT2D eigenvalue weighted by Gasteiger charge is -2.15. The van der Waals surface area contributed by atoms with Crippen LogP contribution in [-0.2, 0) is 0 Å². The Labute approximate surface area is 107 Å². The zero-order chi connectivity index (χ0) is 13.1. The molecule has 1 aromatic carbocycles. The maximum absolute atomic E-state index is 10.3. The quantitative estimate of drug-likeness (QED) is 0.901. The molecule has 3 nitrogen and oxygen atoms in total. The highest BCUT2D eigenvalue weighted by Crippen LogP contribution is 2.29. The Balaban J connectivity index is 2.41. The Morgan fingerprint density at radius 2 is 1.83 bits per heavy atom. The molecule has 3 heteroatoms. The number of aromatic nitrogens is 1. The second-order valence-electron chi connectivity index (χ2n) is 4.35. The van der Waals surface area contributed by atoms with Crippen molar-refractivity contribution in [2.24, 2.45) is 0 Å². The molecule has 0 bridgehead atoms. The molecule has 94 valence electrons. The molecule has 1 aromatic heterocycles. The first-order valence-electron chi connectivity index (χ1n) is 5.87. The van der Waals surface area contributed by atoms with Gasteiger partial charge in [0.1, 0.15) is 11.9 Å². The number of hydrogen-bond acceptors (Lipinski definition) is 3. The van der Waals surface area contributed by atoms with Crippen molar-refractivity contribution in [3.8, 4) is 5.75 Å². The van der Waals surface area contributed by atoms with Crippen LogP contribution in [0.25, 0.3) is 0 Å². The number of nitrogens with zero attached hydrogens (tertiary/aromatic N) is 1. The molecule has 18 heavy (non-hydrogen) atoms. The summed E-state index contributed by atoms with van der Waals surface area (Å²) < 4.78 is 5.32. The summed E-state index contributed by atoms with van der Waals surface area (Å²) in [6.07, 6.45) is 0.983. The van der Waals surface area contributed by atoms with Crippen LogP contribution in [0.2, 0.25) is 0 Å². The molecule has 0 saturated carbocycles. The molecule has 1 heterocycles. The molecule has 2 rings (SSSR count). The van der Waals surface area contributed by atoms with Gasteiger partial charge in [-0.1, -0.05) is 6.07 Å². The summed E-state index contributed by atoms with van der Waals surface area (Å²) in [5.41, 5.74) is 3.52. The molecule has 0 aliphatic rings. The molecule has 0 aliphatic heterocycles. The summed E-state index contributed by atoms with van der Waals surface area (Å²) in [5.74, 6) is 0.868. The van der Waals surface area contributed by atoms with E-state index in [1.54, 1.807) is 13.3 Å². The van der Waals surface area contributed by atoms with Gasteiger partial charge in [0.15, 0.2) is 0 Å². The van der Waals surface area contributed by atoms with Gasteiger partial charge in [-0.3, -0.25) is 4.98 Å². The number of benzene rings is 1. The largest absolute Gasteiger partial charge is 0.496 e. The lowest BCUT2D eigenvalue weighted by molar-refractivity contribution is 0.215. The third kappa shape index (κ3) is 2.36. The van der Waals surface area contributed by atoms with Crippen molar-refractivity contribution >= 4 is 0 Å². The molecule has 1 N–H and O–H groups in total. The van der Waals surface area contributed by atoms with Crippen molar-refractivity contribution in [3.05, 3.63) is 58.9 Å². The fourth-order valence-corrected chi connectivity index (χ4v) is 2.17. The van der Waals surface area contributed by atoms with Crippen LogP contribution in [0.1, 0.15) is 28.5 Å². The predicted molar refractivity (Wildman–Crippen MR) is 70.8 cm³/mol. The van der Waals surface area contributed by atoms with Crippen molar-refractivity contribution < 1.29 is 9.84 Å². The van der Waals surface area contributed by atoms with Gasteiger partial charge in [0, 0.05) is 6.20 Å². The lowest BCUT2D eigenvalue weighted by atomic mass is 10.00. The number of aliphatic hydroxyl groups excluding tert-OH is 1. The lowest BCUT2D eigenvalue weighted by Crippen LogP contribution is -2.03. The fourth-order valence-electron chi connectivity index (χ4n) is 2.17. The van der Waals surface area contributed by atoms with Gasteiger partial charge in [-0.15, -0.1) is 0 Å². The van der Waals surface area contributed by atoms with E-state index in [2.05, 4.69) is 4.98 Å². The number of aliphatic hydroxyl groups is 1.